The first-order chi connectivity index (χ1) is 16.1. The summed E-state index contributed by atoms with van der Waals surface area (Å²) in [6.45, 7) is 4.06. The van der Waals surface area contributed by atoms with Gasteiger partial charge in [-0.05, 0) is 78.2 Å². The third-order valence-corrected chi connectivity index (χ3v) is 6.92. The Bertz CT molecular complexity index is 975. The lowest BCUT2D eigenvalue weighted by Crippen LogP contribution is -2.36. The molecule has 0 amide bonds. The van der Waals surface area contributed by atoms with Crippen LogP contribution >= 0.6 is 0 Å². The normalized spacial score (nSPS) is 21.3. The Balaban J connectivity index is 1.49. The van der Waals surface area contributed by atoms with Crippen LogP contribution in [0.25, 0.3) is 10.9 Å². The highest BCUT2D eigenvalue weighted by atomic mass is 16.5. The van der Waals surface area contributed by atoms with Gasteiger partial charge >= 0.3 is 0 Å². The standard InChI is InChI=1S/C25H36N6O2/c1-30(2)19-9-7-18(8-10-19)27-25-20-15-22(32-3)23(16-21(20)28-24(17-26)29-25)33-14-6-13-31-11-4-5-12-31/h15-16,18-19H,4-14H2,1-3H3,(H,27,28,29). The Kier molecular flexibility index (Phi) is 7.84. The lowest BCUT2D eigenvalue weighted by Gasteiger charge is -2.33. The Hall–Kier alpha value is -2.63. The minimum atomic E-state index is 0.164. The van der Waals surface area contributed by atoms with E-state index in [4.69, 9.17) is 9.47 Å². The molecular formula is C25H36N6O2. The summed E-state index contributed by atoms with van der Waals surface area (Å²) in [6, 6.07) is 6.87. The molecule has 0 bridgehead atoms. The molecule has 0 radical (unpaired) electrons. The molecule has 2 aromatic rings. The van der Waals surface area contributed by atoms with E-state index in [1.165, 1.54) is 25.9 Å². The Morgan fingerprint density at radius 3 is 2.55 bits per heavy atom. The Morgan fingerprint density at radius 1 is 1.12 bits per heavy atom. The summed E-state index contributed by atoms with van der Waals surface area (Å²) in [6.07, 6.45) is 8.02. The highest BCUT2D eigenvalue weighted by Crippen LogP contribution is 2.35. The minimum absolute atomic E-state index is 0.164. The van der Waals surface area contributed by atoms with E-state index in [0.717, 1.165) is 44.0 Å². The second-order valence-electron chi connectivity index (χ2n) is 9.39. The number of hydrogen-bond donors (Lipinski definition) is 1. The molecule has 1 aromatic heterocycles. The molecule has 0 spiro atoms. The van der Waals surface area contributed by atoms with Gasteiger partial charge in [0, 0.05) is 30.1 Å². The molecule has 0 atom stereocenters. The number of benzene rings is 1. The van der Waals surface area contributed by atoms with Crippen LogP contribution in [-0.4, -0.2) is 79.3 Å². The molecule has 1 saturated heterocycles. The van der Waals surface area contributed by atoms with Crippen molar-refractivity contribution in [3.05, 3.63) is 18.0 Å². The van der Waals surface area contributed by atoms with Crippen molar-refractivity contribution in [3.63, 3.8) is 0 Å². The van der Waals surface area contributed by atoms with Crippen LogP contribution in [0, 0.1) is 11.3 Å². The molecule has 2 heterocycles. The maximum absolute atomic E-state index is 9.50. The number of methoxy groups -OCH3 is 1. The average Bonchev–Trinajstić information content (AvgIpc) is 3.35. The summed E-state index contributed by atoms with van der Waals surface area (Å²) >= 11 is 0. The average molecular weight is 453 g/mol. The quantitative estimate of drug-likeness (QED) is 0.577. The molecule has 1 aliphatic heterocycles. The predicted octanol–water partition coefficient (Wildman–Crippen LogP) is 3.66. The van der Waals surface area contributed by atoms with E-state index in [9.17, 15) is 5.26 Å². The van der Waals surface area contributed by atoms with Crippen molar-refractivity contribution in [1.82, 2.24) is 19.8 Å². The first-order valence-corrected chi connectivity index (χ1v) is 12.2. The summed E-state index contributed by atoms with van der Waals surface area (Å²) in [5.74, 6) is 2.18. The van der Waals surface area contributed by atoms with Gasteiger partial charge in [-0.1, -0.05) is 0 Å². The van der Waals surface area contributed by atoms with Gasteiger partial charge < -0.3 is 24.6 Å². The third kappa shape index (κ3) is 5.84. The maximum Gasteiger partial charge on any atom is 0.234 e. The molecule has 1 N–H and O–H groups in total. The molecule has 1 aliphatic carbocycles. The summed E-state index contributed by atoms with van der Waals surface area (Å²) in [7, 11) is 5.94. The zero-order chi connectivity index (χ0) is 23.2. The number of ether oxygens (including phenoxy) is 2. The third-order valence-electron chi connectivity index (χ3n) is 6.92. The van der Waals surface area contributed by atoms with Crippen LogP contribution in [0.15, 0.2) is 12.1 Å². The second-order valence-corrected chi connectivity index (χ2v) is 9.39. The molecule has 8 nitrogen and oxygen atoms in total. The van der Waals surface area contributed by atoms with Crippen molar-refractivity contribution in [1.29, 1.82) is 5.26 Å². The summed E-state index contributed by atoms with van der Waals surface area (Å²) in [5, 5.41) is 13.9. The van der Waals surface area contributed by atoms with E-state index >= 15 is 0 Å². The highest BCUT2D eigenvalue weighted by molar-refractivity contribution is 5.92. The molecule has 1 saturated carbocycles. The molecule has 8 heteroatoms. The zero-order valence-electron chi connectivity index (χ0n) is 20.1. The maximum atomic E-state index is 9.50. The monoisotopic (exact) mass is 452 g/mol. The fraction of sp³-hybridized carbons (Fsp3) is 0.640. The van der Waals surface area contributed by atoms with Crippen LogP contribution in [0.3, 0.4) is 0 Å². The van der Waals surface area contributed by atoms with Gasteiger partial charge in [0.15, 0.2) is 11.5 Å². The van der Waals surface area contributed by atoms with Crippen LogP contribution in [0.1, 0.15) is 50.8 Å². The summed E-state index contributed by atoms with van der Waals surface area (Å²) in [4.78, 5) is 13.7. The fourth-order valence-electron chi connectivity index (χ4n) is 4.98. The van der Waals surface area contributed by atoms with Crippen LogP contribution in [0.2, 0.25) is 0 Å². The van der Waals surface area contributed by atoms with Gasteiger partial charge in [0.05, 0.1) is 19.2 Å². The number of likely N-dealkylation sites (tertiary alicyclic amines) is 1. The van der Waals surface area contributed by atoms with E-state index < -0.39 is 0 Å². The van der Waals surface area contributed by atoms with E-state index in [1.54, 1.807) is 7.11 Å². The van der Waals surface area contributed by atoms with Gasteiger partial charge in [-0.15, -0.1) is 0 Å². The Morgan fingerprint density at radius 2 is 1.88 bits per heavy atom. The number of fused-ring (bicyclic) bond motifs is 1. The van der Waals surface area contributed by atoms with E-state index in [1.807, 2.05) is 12.1 Å². The van der Waals surface area contributed by atoms with Crippen LogP contribution in [-0.2, 0) is 0 Å². The van der Waals surface area contributed by atoms with Crippen molar-refractivity contribution in [2.75, 3.05) is 52.8 Å². The first-order valence-electron chi connectivity index (χ1n) is 12.2. The second kappa shape index (κ2) is 11.0. The molecule has 178 valence electrons. The summed E-state index contributed by atoms with van der Waals surface area (Å²) in [5.41, 5.74) is 0.696. The SMILES string of the molecule is COc1cc2c(NC3CCC(N(C)C)CC3)nc(C#N)nc2cc1OCCCN1CCCC1. The number of anilines is 1. The van der Waals surface area contributed by atoms with Gasteiger partial charge in [-0.3, -0.25) is 0 Å². The van der Waals surface area contributed by atoms with E-state index in [0.29, 0.717) is 41.5 Å². The number of rotatable bonds is 9. The predicted molar refractivity (Wildman–Crippen MR) is 130 cm³/mol. The molecule has 2 fully saturated rings. The molecular weight excluding hydrogens is 416 g/mol. The molecule has 1 aromatic carbocycles. The number of nitriles is 1. The molecule has 4 rings (SSSR count). The summed E-state index contributed by atoms with van der Waals surface area (Å²) < 4.78 is 11.7. The largest absolute Gasteiger partial charge is 0.493 e. The van der Waals surface area contributed by atoms with Gasteiger partial charge in [-0.25, -0.2) is 9.97 Å². The topological polar surface area (TPSA) is 86.5 Å². The van der Waals surface area contributed by atoms with Gasteiger partial charge in [-0.2, -0.15) is 5.26 Å². The van der Waals surface area contributed by atoms with Crippen LogP contribution in [0.4, 0.5) is 5.82 Å². The molecule has 33 heavy (non-hydrogen) atoms. The van der Waals surface area contributed by atoms with Crippen LogP contribution < -0.4 is 14.8 Å². The number of hydrogen-bond acceptors (Lipinski definition) is 8. The lowest BCUT2D eigenvalue weighted by atomic mass is 9.90. The van der Waals surface area contributed by atoms with Crippen molar-refractivity contribution in [3.8, 4) is 17.6 Å². The fourth-order valence-corrected chi connectivity index (χ4v) is 4.98. The van der Waals surface area contributed by atoms with E-state index in [-0.39, 0.29) is 5.82 Å². The van der Waals surface area contributed by atoms with Gasteiger partial charge in [0.25, 0.3) is 0 Å². The van der Waals surface area contributed by atoms with Crippen molar-refractivity contribution in [2.45, 2.75) is 57.0 Å². The number of nitrogens with zero attached hydrogens (tertiary/aromatic N) is 5. The number of aromatic nitrogens is 2. The number of nitrogens with one attached hydrogen (secondary N) is 1. The van der Waals surface area contributed by atoms with E-state index in [2.05, 4.69) is 45.2 Å². The minimum Gasteiger partial charge on any atom is -0.493 e. The smallest absolute Gasteiger partial charge is 0.234 e. The highest BCUT2D eigenvalue weighted by Gasteiger charge is 2.24. The lowest BCUT2D eigenvalue weighted by molar-refractivity contribution is 0.221. The zero-order valence-corrected chi connectivity index (χ0v) is 20.1. The van der Waals surface area contributed by atoms with Gasteiger partial charge in [0.1, 0.15) is 11.9 Å². The first kappa shape index (κ1) is 23.5. The molecule has 2 aliphatic rings. The Labute approximate surface area is 196 Å². The van der Waals surface area contributed by atoms with Crippen molar-refractivity contribution < 1.29 is 9.47 Å². The van der Waals surface area contributed by atoms with Crippen molar-refractivity contribution in [2.24, 2.45) is 0 Å². The van der Waals surface area contributed by atoms with Crippen molar-refractivity contribution >= 4 is 16.7 Å². The van der Waals surface area contributed by atoms with Crippen LogP contribution in [0.5, 0.6) is 11.5 Å². The molecule has 0 unspecified atom stereocenters. The van der Waals surface area contributed by atoms with Gasteiger partial charge in [0.2, 0.25) is 5.82 Å².